The second-order valence-corrected chi connectivity index (χ2v) is 7.78. The normalized spacial score (nSPS) is 13.6. The van der Waals surface area contributed by atoms with Crippen LogP contribution in [0.3, 0.4) is 0 Å². The predicted octanol–water partition coefficient (Wildman–Crippen LogP) is 7.93. The Kier molecular flexibility index (Phi) is 7.64. The SMILES string of the molecule is COCC(Cc1ccc(/C(F)=C(/F)c2ccc(-c3ccc(C)cc3F)cc2)cc1)C(F)(F)F. The zero-order valence-electron chi connectivity index (χ0n) is 18.0. The van der Waals surface area contributed by atoms with E-state index in [1.165, 1.54) is 61.7 Å². The van der Waals surface area contributed by atoms with E-state index in [1.807, 2.05) is 0 Å². The lowest BCUT2D eigenvalue weighted by Crippen LogP contribution is -2.29. The van der Waals surface area contributed by atoms with Gasteiger partial charge < -0.3 is 4.74 Å². The molecule has 174 valence electrons. The van der Waals surface area contributed by atoms with Crippen molar-refractivity contribution in [2.24, 2.45) is 5.92 Å². The van der Waals surface area contributed by atoms with E-state index in [-0.39, 0.29) is 17.5 Å². The maximum absolute atomic E-state index is 14.7. The first-order valence-corrected chi connectivity index (χ1v) is 10.2. The van der Waals surface area contributed by atoms with Crippen molar-refractivity contribution in [1.29, 1.82) is 0 Å². The van der Waals surface area contributed by atoms with Gasteiger partial charge in [0.2, 0.25) is 0 Å². The molecule has 1 unspecified atom stereocenters. The van der Waals surface area contributed by atoms with Crippen molar-refractivity contribution in [2.45, 2.75) is 19.5 Å². The van der Waals surface area contributed by atoms with E-state index in [4.69, 9.17) is 0 Å². The van der Waals surface area contributed by atoms with Crippen LogP contribution in [0.5, 0.6) is 0 Å². The lowest BCUT2D eigenvalue weighted by molar-refractivity contribution is -0.185. The minimum absolute atomic E-state index is 0.0370. The number of hydrogen-bond donors (Lipinski definition) is 0. The van der Waals surface area contributed by atoms with Crippen LogP contribution in [0.15, 0.2) is 66.7 Å². The number of methoxy groups -OCH3 is 1. The number of aryl methyl sites for hydroxylation is 1. The maximum Gasteiger partial charge on any atom is 0.394 e. The monoisotopic (exact) mass is 464 g/mol. The summed E-state index contributed by atoms with van der Waals surface area (Å²) in [5.41, 5.74) is 1.82. The first-order chi connectivity index (χ1) is 15.6. The molecule has 0 aliphatic carbocycles. The molecule has 0 aliphatic rings. The van der Waals surface area contributed by atoms with Gasteiger partial charge in [-0.2, -0.15) is 13.2 Å². The molecule has 7 heteroatoms. The van der Waals surface area contributed by atoms with Gasteiger partial charge in [0, 0.05) is 23.8 Å². The van der Waals surface area contributed by atoms with Crippen LogP contribution in [0.4, 0.5) is 26.3 Å². The second-order valence-electron chi connectivity index (χ2n) is 7.78. The van der Waals surface area contributed by atoms with Gasteiger partial charge in [-0.1, -0.05) is 60.7 Å². The van der Waals surface area contributed by atoms with Gasteiger partial charge in [-0.15, -0.1) is 0 Å². The zero-order valence-corrected chi connectivity index (χ0v) is 18.0. The van der Waals surface area contributed by atoms with Crippen molar-refractivity contribution in [3.05, 3.63) is 94.8 Å². The van der Waals surface area contributed by atoms with Gasteiger partial charge in [-0.25, -0.2) is 13.2 Å². The molecule has 1 atom stereocenters. The highest BCUT2D eigenvalue weighted by Crippen LogP contribution is 2.33. The molecule has 0 aromatic heterocycles. The molecule has 0 heterocycles. The molecule has 3 rings (SSSR count). The lowest BCUT2D eigenvalue weighted by atomic mass is 9.98. The maximum atomic E-state index is 14.7. The van der Waals surface area contributed by atoms with E-state index in [2.05, 4.69) is 4.74 Å². The molecule has 1 nitrogen and oxygen atoms in total. The summed E-state index contributed by atoms with van der Waals surface area (Å²) >= 11 is 0. The van der Waals surface area contributed by atoms with Crippen molar-refractivity contribution in [3.63, 3.8) is 0 Å². The molecule has 0 fully saturated rings. The molecule has 0 aliphatic heterocycles. The van der Waals surface area contributed by atoms with E-state index in [9.17, 15) is 26.3 Å². The summed E-state index contributed by atoms with van der Waals surface area (Å²) in [4.78, 5) is 0. The van der Waals surface area contributed by atoms with Crippen molar-refractivity contribution in [2.75, 3.05) is 13.7 Å². The van der Waals surface area contributed by atoms with Gasteiger partial charge >= 0.3 is 6.18 Å². The van der Waals surface area contributed by atoms with E-state index >= 15 is 0 Å². The fourth-order valence-corrected chi connectivity index (χ4v) is 3.45. The summed E-state index contributed by atoms with van der Waals surface area (Å²) in [5, 5.41) is 0. The topological polar surface area (TPSA) is 9.23 Å². The van der Waals surface area contributed by atoms with Crippen molar-refractivity contribution < 1.29 is 31.1 Å². The van der Waals surface area contributed by atoms with E-state index in [0.717, 1.165) is 5.56 Å². The van der Waals surface area contributed by atoms with Crippen LogP contribution >= 0.6 is 0 Å². The number of rotatable bonds is 7. The van der Waals surface area contributed by atoms with Crippen LogP contribution in [0, 0.1) is 18.7 Å². The Labute approximate surface area is 188 Å². The fourth-order valence-electron chi connectivity index (χ4n) is 3.45. The first kappa shape index (κ1) is 24.6. The second kappa shape index (κ2) is 10.3. The van der Waals surface area contributed by atoms with Crippen LogP contribution in [0.2, 0.25) is 0 Å². The average molecular weight is 464 g/mol. The van der Waals surface area contributed by atoms with E-state index < -0.39 is 36.2 Å². The minimum Gasteiger partial charge on any atom is -0.384 e. The van der Waals surface area contributed by atoms with Crippen molar-refractivity contribution in [1.82, 2.24) is 0 Å². The van der Waals surface area contributed by atoms with Crippen LogP contribution in [0.1, 0.15) is 22.3 Å². The molecule has 0 saturated carbocycles. The largest absolute Gasteiger partial charge is 0.394 e. The summed E-state index contributed by atoms with van der Waals surface area (Å²) < 4.78 is 87.4. The molecule has 0 saturated heterocycles. The van der Waals surface area contributed by atoms with Crippen LogP contribution in [0.25, 0.3) is 22.8 Å². The Hall–Kier alpha value is -3.06. The highest BCUT2D eigenvalue weighted by atomic mass is 19.4. The molecule has 0 spiro atoms. The van der Waals surface area contributed by atoms with Crippen LogP contribution in [-0.2, 0) is 11.2 Å². The van der Waals surface area contributed by atoms with Crippen molar-refractivity contribution in [3.8, 4) is 11.1 Å². The summed E-state index contributed by atoms with van der Waals surface area (Å²) in [6.45, 7) is 1.27. The Balaban J connectivity index is 1.79. The molecule has 0 amide bonds. The molecule has 3 aromatic rings. The van der Waals surface area contributed by atoms with Gasteiger partial charge in [0.05, 0.1) is 12.5 Å². The summed E-state index contributed by atoms with van der Waals surface area (Å²) in [6.07, 6.45) is -4.76. The van der Waals surface area contributed by atoms with Crippen LogP contribution in [-0.4, -0.2) is 19.9 Å². The van der Waals surface area contributed by atoms with Crippen molar-refractivity contribution >= 4 is 11.7 Å². The smallest absolute Gasteiger partial charge is 0.384 e. The quantitative estimate of drug-likeness (QED) is 0.255. The summed E-state index contributed by atoms with van der Waals surface area (Å²) in [7, 11) is 1.19. The van der Waals surface area contributed by atoms with Gasteiger partial charge in [0.25, 0.3) is 0 Å². The highest BCUT2D eigenvalue weighted by molar-refractivity contribution is 5.83. The van der Waals surface area contributed by atoms with Gasteiger partial charge in [-0.3, -0.25) is 0 Å². The lowest BCUT2D eigenvalue weighted by Gasteiger charge is -2.19. The van der Waals surface area contributed by atoms with E-state index in [0.29, 0.717) is 16.7 Å². The number of ether oxygens (including phenoxy) is 1. The predicted molar refractivity (Wildman–Crippen MR) is 117 cm³/mol. The Morgan fingerprint density at radius 2 is 1.39 bits per heavy atom. The highest BCUT2D eigenvalue weighted by Gasteiger charge is 2.39. The fraction of sp³-hybridized carbons (Fsp3) is 0.231. The minimum atomic E-state index is -4.43. The number of hydrogen-bond acceptors (Lipinski definition) is 1. The number of alkyl halides is 3. The summed E-state index contributed by atoms with van der Waals surface area (Å²) in [5.74, 6) is -4.36. The molecule has 33 heavy (non-hydrogen) atoms. The molecular weight excluding hydrogens is 442 g/mol. The Bertz CT molecular complexity index is 1120. The van der Waals surface area contributed by atoms with E-state index in [1.54, 1.807) is 19.1 Å². The molecule has 0 radical (unpaired) electrons. The average Bonchev–Trinajstić information content (AvgIpc) is 2.78. The van der Waals surface area contributed by atoms with Crippen LogP contribution < -0.4 is 0 Å². The first-order valence-electron chi connectivity index (χ1n) is 10.2. The Morgan fingerprint density at radius 1 is 0.848 bits per heavy atom. The molecule has 3 aromatic carbocycles. The van der Waals surface area contributed by atoms with Gasteiger partial charge in [0.1, 0.15) is 5.82 Å². The number of halogens is 6. The zero-order chi connectivity index (χ0) is 24.2. The summed E-state index contributed by atoms with van der Waals surface area (Å²) in [6, 6.07) is 15.6. The third kappa shape index (κ3) is 6.05. The Morgan fingerprint density at radius 3 is 1.88 bits per heavy atom. The molecular formula is C26H22F6O. The third-order valence-electron chi connectivity index (χ3n) is 5.29. The third-order valence-corrected chi connectivity index (χ3v) is 5.29. The molecule has 0 bridgehead atoms. The standard InChI is InChI=1S/C26H22F6O/c1-16-3-12-22(23(27)13-16)18-8-10-20(11-9-18)25(29)24(28)19-6-4-17(5-7-19)14-21(15-33-2)26(30,31)32/h3-13,21H,14-15H2,1-2H3/b25-24-. The molecule has 0 N–H and O–H groups in total. The van der Waals surface area contributed by atoms with Gasteiger partial charge in [-0.05, 0) is 36.1 Å². The van der Waals surface area contributed by atoms with Gasteiger partial charge in [0.15, 0.2) is 11.7 Å². The number of benzene rings is 3.